The highest BCUT2D eigenvalue weighted by Crippen LogP contribution is 2.29. The highest BCUT2D eigenvalue weighted by Gasteiger charge is 2.27. The number of piperidine rings is 1. The Morgan fingerprint density at radius 2 is 1.95 bits per heavy atom. The summed E-state index contributed by atoms with van der Waals surface area (Å²) in [5.74, 6) is 0. The lowest BCUT2D eigenvalue weighted by Crippen LogP contribution is -2.43. The second-order valence-electron chi connectivity index (χ2n) is 6.94. The van der Waals surface area contributed by atoms with Crippen LogP contribution in [0.4, 0.5) is 0 Å². The summed E-state index contributed by atoms with van der Waals surface area (Å²) < 4.78 is 0. The number of rotatable bonds is 5. The van der Waals surface area contributed by atoms with Crippen molar-refractivity contribution in [2.24, 2.45) is 5.41 Å². The van der Waals surface area contributed by atoms with Gasteiger partial charge in [-0.05, 0) is 49.4 Å². The maximum atomic E-state index is 3.49. The molecular formula is C18H30N2. The molecule has 1 aromatic rings. The van der Waals surface area contributed by atoms with E-state index in [4.69, 9.17) is 0 Å². The van der Waals surface area contributed by atoms with Crippen LogP contribution in [-0.4, -0.2) is 31.6 Å². The van der Waals surface area contributed by atoms with E-state index in [0.717, 1.165) is 13.0 Å². The zero-order valence-electron chi connectivity index (χ0n) is 13.6. The van der Waals surface area contributed by atoms with Gasteiger partial charge in [0.1, 0.15) is 0 Å². The quantitative estimate of drug-likeness (QED) is 0.882. The second-order valence-corrected chi connectivity index (χ2v) is 6.94. The molecule has 2 rings (SSSR count). The van der Waals surface area contributed by atoms with Crippen molar-refractivity contribution in [1.82, 2.24) is 10.2 Å². The maximum Gasteiger partial charge on any atom is 0.0446 e. The Bertz CT molecular complexity index is 408. The molecule has 0 amide bonds. The lowest BCUT2D eigenvalue weighted by Gasteiger charge is -2.39. The van der Waals surface area contributed by atoms with Crippen molar-refractivity contribution in [2.75, 3.05) is 26.7 Å². The van der Waals surface area contributed by atoms with Gasteiger partial charge in [0.25, 0.3) is 0 Å². The van der Waals surface area contributed by atoms with Crippen LogP contribution in [0.5, 0.6) is 0 Å². The third-order valence-electron chi connectivity index (χ3n) is 4.56. The van der Waals surface area contributed by atoms with Crippen LogP contribution in [0.2, 0.25) is 0 Å². The summed E-state index contributed by atoms with van der Waals surface area (Å²) in [6, 6.07) is 9.54. The summed E-state index contributed by atoms with van der Waals surface area (Å²) in [6.45, 7) is 10.6. The summed E-state index contributed by atoms with van der Waals surface area (Å²) >= 11 is 0. The van der Waals surface area contributed by atoms with Crippen molar-refractivity contribution >= 4 is 0 Å². The third-order valence-corrected chi connectivity index (χ3v) is 4.56. The van der Waals surface area contributed by atoms with Gasteiger partial charge in [-0.1, -0.05) is 45.0 Å². The Balaban J connectivity index is 2.00. The minimum atomic E-state index is 0.440. The van der Waals surface area contributed by atoms with Crippen LogP contribution in [0, 0.1) is 5.41 Å². The van der Waals surface area contributed by atoms with Crippen LogP contribution in [0.3, 0.4) is 0 Å². The highest BCUT2D eigenvalue weighted by molar-refractivity contribution is 5.25. The predicted octanol–water partition coefficient (Wildman–Crippen LogP) is 3.63. The second kappa shape index (κ2) is 6.73. The smallest absolute Gasteiger partial charge is 0.0446 e. The van der Waals surface area contributed by atoms with Crippen molar-refractivity contribution in [3.05, 3.63) is 35.4 Å². The van der Waals surface area contributed by atoms with E-state index < -0.39 is 0 Å². The van der Waals surface area contributed by atoms with Crippen LogP contribution in [0.1, 0.15) is 50.8 Å². The number of nitrogens with one attached hydrogen (secondary N) is 1. The van der Waals surface area contributed by atoms with Crippen LogP contribution in [0.25, 0.3) is 0 Å². The van der Waals surface area contributed by atoms with Crippen molar-refractivity contribution in [2.45, 2.75) is 46.1 Å². The molecule has 2 nitrogen and oxygen atoms in total. The number of nitrogens with zero attached hydrogens (tertiary/aromatic N) is 1. The van der Waals surface area contributed by atoms with Gasteiger partial charge in [-0.2, -0.15) is 0 Å². The third kappa shape index (κ3) is 4.07. The van der Waals surface area contributed by atoms with Gasteiger partial charge in [0.05, 0.1) is 0 Å². The zero-order chi connectivity index (χ0) is 14.6. The average molecular weight is 274 g/mol. The molecule has 0 aliphatic carbocycles. The van der Waals surface area contributed by atoms with Gasteiger partial charge < -0.3 is 10.2 Å². The first-order valence-electron chi connectivity index (χ1n) is 8.02. The molecule has 1 aliphatic heterocycles. The number of likely N-dealkylation sites (tertiary alicyclic amines) is 1. The van der Waals surface area contributed by atoms with Gasteiger partial charge in [-0.25, -0.2) is 0 Å². The van der Waals surface area contributed by atoms with Crippen molar-refractivity contribution in [3.8, 4) is 0 Å². The topological polar surface area (TPSA) is 15.3 Å². The van der Waals surface area contributed by atoms with Crippen LogP contribution in [-0.2, 0) is 6.42 Å². The predicted molar refractivity (Wildman–Crippen MR) is 87.1 cm³/mol. The fourth-order valence-corrected chi connectivity index (χ4v) is 3.31. The highest BCUT2D eigenvalue weighted by atomic mass is 15.2. The normalized spacial score (nSPS) is 20.8. The lowest BCUT2D eigenvalue weighted by atomic mass is 9.84. The lowest BCUT2D eigenvalue weighted by molar-refractivity contribution is 0.108. The van der Waals surface area contributed by atoms with Crippen LogP contribution in [0.15, 0.2) is 24.3 Å². The Hall–Kier alpha value is -0.860. The van der Waals surface area contributed by atoms with Gasteiger partial charge in [-0.15, -0.1) is 0 Å². The van der Waals surface area contributed by atoms with E-state index in [1.807, 2.05) is 0 Å². The minimum Gasteiger partial charge on any atom is -0.312 e. The summed E-state index contributed by atoms with van der Waals surface area (Å²) in [7, 11) is 2.08. The minimum absolute atomic E-state index is 0.440. The number of benzene rings is 1. The van der Waals surface area contributed by atoms with E-state index in [-0.39, 0.29) is 0 Å². The van der Waals surface area contributed by atoms with E-state index in [2.05, 4.69) is 62.3 Å². The van der Waals surface area contributed by atoms with Gasteiger partial charge in [0, 0.05) is 19.1 Å². The molecule has 0 radical (unpaired) electrons. The number of hydrogen-bond donors (Lipinski definition) is 1. The fourth-order valence-electron chi connectivity index (χ4n) is 3.31. The Morgan fingerprint density at radius 1 is 1.25 bits per heavy atom. The standard InChI is InChI=1S/C18H30N2/c1-5-15-7-9-16(10-8-15)17(19-4)13-20-12-6-11-18(2,3)14-20/h7-10,17,19H,5-6,11-14H2,1-4H3. The summed E-state index contributed by atoms with van der Waals surface area (Å²) in [6.07, 6.45) is 3.81. The molecule has 1 fully saturated rings. The molecule has 1 atom stereocenters. The fraction of sp³-hybridized carbons (Fsp3) is 0.667. The molecule has 2 heteroatoms. The largest absolute Gasteiger partial charge is 0.312 e. The molecule has 1 heterocycles. The van der Waals surface area contributed by atoms with Crippen molar-refractivity contribution in [3.63, 3.8) is 0 Å². The molecule has 0 spiro atoms. The van der Waals surface area contributed by atoms with Gasteiger partial charge in [0.2, 0.25) is 0 Å². The first-order chi connectivity index (χ1) is 9.54. The first kappa shape index (κ1) is 15.5. The number of likely N-dealkylation sites (N-methyl/N-ethyl adjacent to an activating group) is 1. The van der Waals surface area contributed by atoms with E-state index in [1.54, 1.807) is 0 Å². The van der Waals surface area contributed by atoms with E-state index in [1.165, 1.54) is 37.1 Å². The molecule has 1 unspecified atom stereocenters. The van der Waals surface area contributed by atoms with Gasteiger partial charge in [-0.3, -0.25) is 0 Å². The molecule has 0 saturated carbocycles. The van der Waals surface area contributed by atoms with Gasteiger partial charge in [0.15, 0.2) is 0 Å². The van der Waals surface area contributed by atoms with Crippen molar-refractivity contribution < 1.29 is 0 Å². The Morgan fingerprint density at radius 3 is 2.50 bits per heavy atom. The molecule has 20 heavy (non-hydrogen) atoms. The molecule has 0 aromatic heterocycles. The van der Waals surface area contributed by atoms with Crippen LogP contribution < -0.4 is 5.32 Å². The Labute approximate surface area is 124 Å². The Kier molecular flexibility index (Phi) is 5.22. The van der Waals surface area contributed by atoms with E-state index in [9.17, 15) is 0 Å². The molecule has 112 valence electrons. The summed E-state index contributed by atoms with van der Waals surface area (Å²) in [5.41, 5.74) is 3.30. The molecule has 1 aliphatic rings. The molecule has 1 aromatic carbocycles. The SMILES string of the molecule is CCc1ccc(C(CN2CCCC(C)(C)C2)NC)cc1. The van der Waals surface area contributed by atoms with E-state index >= 15 is 0 Å². The monoisotopic (exact) mass is 274 g/mol. The zero-order valence-corrected chi connectivity index (χ0v) is 13.6. The number of aryl methyl sites for hydroxylation is 1. The summed E-state index contributed by atoms with van der Waals surface area (Å²) in [5, 5.41) is 3.49. The maximum absolute atomic E-state index is 3.49. The van der Waals surface area contributed by atoms with Gasteiger partial charge >= 0.3 is 0 Å². The molecular weight excluding hydrogens is 244 g/mol. The summed E-state index contributed by atoms with van der Waals surface area (Å²) in [4.78, 5) is 2.62. The van der Waals surface area contributed by atoms with Crippen LogP contribution >= 0.6 is 0 Å². The molecule has 0 bridgehead atoms. The first-order valence-corrected chi connectivity index (χ1v) is 8.02. The van der Waals surface area contributed by atoms with E-state index in [0.29, 0.717) is 11.5 Å². The number of hydrogen-bond acceptors (Lipinski definition) is 2. The molecule has 1 saturated heterocycles. The van der Waals surface area contributed by atoms with Crippen molar-refractivity contribution in [1.29, 1.82) is 0 Å². The molecule has 1 N–H and O–H groups in total. The average Bonchev–Trinajstić information content (AvgIpc) is 2.44.